The Balaban J connectivity index is 1.63. The minimum absolute atomic E-state index is 0.150. The normalized spacial score (nSPS) is 12.0. The van der Waals surface area contributed by atoms with E-state index in [0.29, 0.717) is 18.0 Å². The summed E-state index contributed by atoms with van der Waals surface area (Å²) in [5.41, 5.74) is 1.69. The number of nitrogens with zero attached hydrogens (tertiary/aromatic N) is 3. The molecule has 3 rings (SSSR count). The average Bonchev–Trinajstić information content (AvgIpc) is 2.98. The van der Waals surface area contributed by atoms with Gasteiger partial charge in [-0.25, -0.2) is 4.79 Å². The highest BCUT2D eigenvalue weighted by Crippen LogP contribution is 2.07. The van der Waals surface area contributed by atoms with Gasteiger partial charge in [0.1, 0.15) is 0 Å². The lowest BCUT2D eigenvalue weighted by atomic mass is 10.1. The first kappa shape index (κ1) is 15.0. The van der Waals surface area contributed by atoms with E-state index in [-0.39, 0.29) is 12.6 Å². The highest BCUT2D eigenvalue weighted by atomic mass is 16.3. The summed E-state index contributed by atoms with van der Waals surface area (Å²) in [6.07, 6.45) is 2.31. The van der Waals surface area contributed by atoms with Crippen LogP contribution in [0.4, 0.5) is 10.7 Å². The SMILES string of the molecule is O=C(Nc1nnc2ccccn12)N[C@H](CO)Cc1ccccc1. The van der Waals surface area contributed by atoms with Crippen molar-refractivity contribution < 1.29 is 9.90 Å². The molecular weight excluding hydrogens is 294 g/mol. The van der Waals surface area contributed by atoms with Crippen molar-refractivity contribution in [3.05, 3.63) is 60.3 Å². The highest BCUT2D eigenvalue weighted by molar-refractivity contribution is 5.88. The summed E-state index contributed by atoms with van der Waals surface area (Å²) in [5, 5.41) is 22.7. The Bertz CT molecular complexity index is 787. The number of aliphatic hydroxyl groups excluding tert-OH is 1. The van der Waals surface area contributed by atoms with E-state index in [1.807, 2.05) is 42.5 Å². The molecule has 0 saturated carbocycles. The van der Waals surface area contributed by atoms with E-state index in [2.05, 4.69) is 20.8 Å². The number of benzene rings is 1. The Labute approximate surface area is 133 Å². The molecule has 3 N–H and O–H groups in total. The quantitative estimate of drug-likeness (QED) is 0.665. The average molecular weight is 311 g/mol. The van der Waals surface area contributed by atoms with Gasteiger partial charge in [-0.05, 0) is 24.1 Å². The molecule has 1 atom stereocenters. The highest BCUT2D eigenvalue weighted by Gasteiger charge is 2.14. The van der Waals surface area contributed by atoms with Crippen LogP contribution in [0.1, 0.15) is 5.56 Å². The molecule has 0 aliphatic heterocycles. The van der Waals surface area contributed by atoms with Crippen molar-refractivity contribution >= 4 is 17.6 Å². The molecule has 23 heavy (non-hydrogen) atoms. The van der Waals surface area contributed by atoms with Crippen molar-refractivity contribution in [3.8, 4) is 0 Å². The maximum atomic E-state index is 12.1. The zero-order valence-corrected chi connectivity index (χ0v) is 12.4. The van der Waals surface area contributed by atoms with Gasteiger partial charge in [0.2, 0.25) is 5.95 Å². The first-order valence-corrected chi connectivity index (χ1v) is 7.28. The Kier molecular flexibility index (Phi) is 4.49. The number of urea groups is 1. The molecular formula is C16H17N5O2. The van der Waals surface area contributed by atoms with Gasteiger partial charge in [0.15, 0.2) is 5.65 Å². The summed E-state index contributed by atoms with van der Waals surface area (Å²) >= 11 is 0. The molecule has 0 unspecified atom stereocenters. The zero-order chi connectivity index (χ0) is 16.1. The van der Waals surface area contributed by atoms with Crippen LogP contribution in [0, 0.1) is 0 Å². The second kappa shape index (κ2) is 6.89. The maximum absolute atomic E-state index is 12.1. The van der Waals surface area contributed by atoms with Crippen LogP contribution in [-0.2, 0) is 6.42 Å². The third-order valence-corrected chi connectivity index (χ3v) is 3.42. The third kappa shape index (κ3) is 3.64. The van der Waals surface area contributed by atoms with Crippen molar-refractivity contribution in [2.45, 2.75) is 12.5 Å². The lowest BCUT2D eigenvalue weighted by molar-refractivity contribution is 0.224. The Morgan fingerprint density at radius 1 is 1.13 bits per heavy atom. The topological polar surface area (TPSA) is 91.6 Å². The zero-order valence-electron chi connectivity index (χ0n) is 12.4. The number of carbonyl (C=O) groups is 1. The molecule has 0 saturated heterocycles. The van der Waals surface area contributed by atoms with Gasteiger partial charge in [0.05, 0.1) is 12.6 Å². The summed E-state index contributed by atoms with van der Waals surface area (Å²) in [7, 11) is 0. The van der Waals surface area contributed by atoms with Crippen molar-refractivity contribution in [2.75, 3.05) is 11.9 Å². The molecule has 2 heterocycles. The number of hydrogen-bond donors (Lipinski definition) is 3. The van der Waals surface area contributed by atoms with Crippen molar-refractivity contribution in [1.82, 2.24) is 19.9 Å². The van der Waals surface area contributed by atoms with Gasteiger partial charge in [-0.3, -0.25) is 9.72 Å². The molecule has 0 radical (unpaired) electrons. The van der Waals surface area contributed by atoms with E-state index in [0.717, 1.165) is 5.56 Å². The fourth-order valence-electron chi connectivity index (χ4n) is 2.31. The van der Waals surface area contributed by atoms with Gasteiger partial charge < -0.3 is 10.4 Å². The number of nitrogens with one attached hydrogen (secondary N) is 2. The van der Waals surface area contributed by atoms with E-state index in [4.69, 9.17) is 0 Å². The third-order valence-electron chi connectivity index (χ3n) is 3.42. The Hall–Kier alpha value is -2.93. The number of aliphatic hydroxyl groups is 1. The molecule has 0 aliphatic carbocycles. The van der Waals surface area contributed by atoms with Gasteiger partial charge in [-0.2, -0.15) is 0 Å². The van der Waals surface area contributed by atoms with Crippen LogP contribution in [0.15, 0.2) is 54.7 Å². The molecule has 118 valence electrons. The molecule has 7 nitrogen and oxygen atoms in total. The van der Waals surface area contributed by atoms with Crippen LogP contribution in [0.3, 0.4) is 0 Å². The first-order chi connectivity index (χ1) is 11.3. The number of pyridine rings is 1. The van der Waals surface area contributed by atoms with E-state index in [1.165, 1.54) is 0 Å². The van der Waals surface area contributed by atoms with Gasteiger partial charge in [0, 0.05) is 6.20 Å². The lowest BCUT2D eigenvalue weighted by Gasteiger charge is -2.16. The van der Waals surface area contributed by atoms with Crippen LogP contribution in [0.5, 0.6) is 0 Å². The van der Waals surface area contributed by atoms with E-state index < -0.39 is 6.03 Å². The van der Waals surface area contributed by atoms with Crippen LogP contribution >= 0.6 is 0 Å². The second-order valence-corrected chi connectivity index (χ2v) is 5.12. The fraction of sp³-hybridized carbons (Fsp3) is 0.188. The van der Waals surface area contributed by atoms with E-state index in [9.17, 15) is 9.90 Å². The Morgan fingerprint density at radius 3 is 2.70 bits per heavy atom. The summed E-state index contributed by atoms with van der Waals surface area (Å²) < 4.78 is 1.67. The van der Waals surface area contributed by atoms with Crippen LogP contribution < -0.4 is 10.6 Å². The molecule has 0 fully saturated rings. The molecule has 3 aromatic rings. The number of hydrogen-bond acceptors (Lipinski definition) is 4. The number of rotatable bonds is 5. The van der Waals surface area contributed by atoms with Crippen LogP contribution in [-0.4, -0.2) is 38.4 Å². The maximum Gasteiger partial charge on any atom is 0.321 e. The fourth-order valence-corrected chi connectivity index (χ4v) is 2.31. The smallest absolute Gasteiger partial charge is 0.321 e. The van der Waals surface area contributed by atoms with Crippen molar-refractivity contribution in [1.29, 1.82) is 0 Å². The second-order valence-electron chi connectivity index (χ2n) is 5.12. The summed E-state index contributed by atoms with van der Waals surface area (Å²) in [5.74, 6) is 0.328. The molecule has 0 spiro atoms. The largest absolute Gasteiger partial charge is 0.394 e. The predicted octanol–water partition coefficient (Wildman–Crippen LogP) is 1.45. The van der Waals surface area contributed by atoms with E-state index in [1.54, 1.807) is 16.7 Å². The van der Waals surface area contributed by atoms with Gasteiger partial charge in [-0.15, -0.1) is 10.2 Å². The minimum atomic E-state index is -0.432. The minimum Gasteiger partial charge on any atom is -0.394 e. The summed E-state index contributed by atoms with van der Waals surface area (Å²) in [6, 6.07) is 14.3. The molecule has 2 aromatic heterocycles. The number of amides is 2. The molecule has 1 aromatic carbocycles. The van der Waals surface area contributed by atoms with Gasteiger partial charge in [-0.1, -0.05) is 36.4 Å². The molecule has 0 bridgehead atoms. The summed E-state index contributed by atoms with van der Waals surface area (Å²) in [6.45, 7) is -0.150. The summed E-state index contributed by atoms with van der Waals surface area (Å²) in [4.78, 5) is 12.1. The Morgan fingerprint density at radius 2 is 1.91 bits per heavy atom. The molecule has 2 amide bonds. The number of carbonyl (C=O) groups excluding carboxylic acids is 1. The predicted molar refractivity (Wildman–Crippen MR) is 86.2 cm³/mol. The number of fused-ring (bicyclic) bond motifs is 1. The van der Waals surface area contributed by atoms with Gasteiger partial charge >= 0.3 is 6.03 Å². The first-order valence-electron chi connectivity index (χ1n) is 7.28. The monoisotopic (exact) mass is 311 g/mol. The molecule has 7 heteroatoms. The number of aromatic nitrogens is 3. The lowest BCUT2D eigenvalue weighted by Crippen LogP contribution is -2.41. The van der Waals surface area contributed by atoms with Crippen molar-refractivity contribution in [2.24, 2.45) is 0 Å². The van der Waals surface area contributed by atoms with Crippen LogP contribution in [0.2, 0.25) is 0 Å². The number of anilines is 1. The molecule has 0 aliphatic rings. The van der Waals surface area contributed by atoms with E-state index >= 15 is 0 Å². The van der Waals surface area contributed by atoms with Crippen LogP contribution in [0.25, 0.3) is 5.65 Å². The standard InChI is InChI=1S/C16H17N5O2/c22-11-13(10-12-6-2-1-3-7-12)17-16(23)18-15-20-19-14-8-4-5-9-21(14)15/h1-9,13,22H,10-11H2,(H2,17,18,20,23)/t13-/m0/s1. The van der Waals surface area contributed by atoms with Gasteiger partial charge in [0.25, 0.3) is 0 Å². The van der Waals surface area contributed by atoms with Crippen molar-refractivity contribution in [3.63, 3.8) is 0 Å².